The average Bonchev–Trinajstić information content (AvgIpc) is 2.88. The number of carbonyl (C=O) groups excluding carboxylic acids is 1. The van der Waals surface area contributed by atoms with E-state index >= 15 is 0 Å². The molecule has 1 amide bonds. The van der Waals surface area contributed by atoms with E-state index in [0.717, 1.165) is 11.1 Å². The van der Waals surface area contributed by atoms with Gasteiger partial charge in [-0.15, -0.1) is 0 Å². The molecule has 0 aliphatic heterocycles. The first-order valence-electron chi connectivity index (χ1n) is 11.2. The highest BCUT2D eigenvalue weighted by Gasteiger charge is 2.18. The maximum atomic E-state index is 13.2. The summed E-state index contributed by atoms with van der Waals surface area (Å²) in [5.41, 5.74) is 2.90. The van der Waals surface area contributed by atoms with Crippen LogP contribution in [0.1, 0.15) is 11.1 Å². The first-order chi connectivity index (χ1) is 17.0. The van der Waals surface area contributed by atoms with Crippen molar-refractivity contribution in [3.05, 3.63) is 88.1 Å². The predicted molar refractivity (Wildman–Crippen MR) is 134 cm³/mol. The molecular formula is C28H27NO6. The minimum absolute atomic E-state index is 0.0163. The van der Waals surface area contributed by atoms with E-state index in [1.807, 2.05) is 49.4 Å². The Morgan fingerprint density at radius 3 is 2.43 bits per heavy atom. The molecule has 35 heavy (non-hydrogen) atoms. The first kappa shape index (κ1) is 23.9. The van der Waals surface area contributed by atoms with Crippen LogP contribution in [0, 0.1) is 6.92 Å². The smallest absolute Gasteiger partial charge is 0.257 e. The monoisotopic (exact) mass is 473 g/mol. The number of aryl methyl sites for hydroxylation is 1. The number of methoxy groups -OCH3 is 2. The SMILES string of the molecule is COc1ccc(CCNC(=O)COc2c(-c3ccc(C)cc3)oc3ccccc3c2=O)cc1OC. The fourth-order valence-electron chi connectivity index (χ4n) is 3.72. The molecular weight excluding hydrogens is 446 g/mol. The predicted octanol–water partition coefficient (Wildman–Crippen LogP) is 4.52. The van der Waals surface area contributed by atoms with E-state index in [0.29, 0.717) is 46.8 Å². The number of amides is 1. The topological polar surface area (TPSA) is 87.0 Å². The van der Waals surface area contributed by atoms with Crippen LogP contribution in [-0.2, 0) is 11.2 Å². The van der Waals surface area contributed by atoms with Crippen LogP contribution in [0.25, 0.3) is 22.3 Å². The molecule has 0 aliphatic rings. The van der Waals surface area contributed by atoms with Crippen molar-refractivity contribution in [2.24, 2.45) is 0 Å². The van der Waals surface area contributed by atoms with E-state index in [9.17, 15) is 9.59 Å². The molecule has 1 aromatic heterocycles. The van der Waals surface area contributed by atoms with Crippen molar-refractivity contribution < 1.29 is 23.4 Å². The standard InChI is InChI=1S/C28H27NO6/c1-18-8-11-20(12-9-18)27-28(26(31)21-6-4-5-7-22(21)35-27)34-17-25(30)29-15-14-19-10-13-23(32-2)24(16-19)33-3/h4-13,16H,14-15,17H2,1-3H3,(H,29,30). The van der Waals surface area contributed by atoms with Crippen LogP contribution in [0.2, 0.25) is 0 Å². The van der Waals surface area contributed by atoms with Crippen LogP contribution < -0.4 is 25.0 Å². The van der Waals surface area contributed by atoms with Crippen molar-refractivity contribution in [1.29, 1.82) is 0 Å². The number of benzene rings is 3. The molecule has 0 atom stereocenters. The van der Waals surface area contributed by atoms with Gasteiger partial charge in [0.25, 0.3) is 5.91 Å². The molecule has 0 saturated carbocycles. The van der Waals surface area contributed by atoms with E-state index in [1.54, 1.807) is 38.5 Å². The Bertz CT molecular complexity index is 1390. The Hall–Kier alpha value is -4.26. The molecule has 4 aromatic rings. The van der Waals surface area contributed by atoms with Gasteiger partial charge in [0.2, 0.25) is 11.2 Å². The van der Waals surface area contributed by atoms with E-state index in [1.165, 1.54) is 0 Å². The zero-order chi connectivity index (χ0) is 24.8. The van der Waals surface area contributed by atoms with Crippen LogP contribution in [0.15, 0.2) is 75.9 Å². The fourth-order valence-corrected chi connectivity index (χ4v) is 3.72. The molecule has 1 heterocycles. The Labute approximate surface area is 203 Å². The van der Waals surface area contributed by atoms with Crippen LogP contribution in [0.3, 0.4) is 0 Å². The number of carbonyl (C=O) groups is 1. The zero-order valence-corrected chi connectivity index (χ0v) is 19.9. The summed E-state index contributed by atoms with van der Waals surface area (Å²) in [4.78, 5) is 25.7. The summed E-state index contributed by atoms with van der Waals surface area (Å²) < 4.78 is 22.3. The van der Waals surface area contributed by atoms with Gasteiger partial charge in [-0.1, -0.05) is 48.0 Å². The second-order valence-electron chi connectivity index (χ2n) is 8.03. The molecule has 180 valence electrons. The number of rotatable bonds is 9. The summed E-state index contributed by atoms with van der Waals surface area (Å²) in [5, 5.41) is 3.22. The molecule has 1 N–H and O–H groups in total. The van der Waals surface area contributed by atoms with Gasteiger partial charge in [-0.25, -0.2) is 0 Å². The van der Waals surface area contributed by atoms with Gasteiger partial charge in [0.1, 0.15) is 5.58 Å². The molecule has 0 unspecified atom stereocenters. The molecule has 3 aromatic carbocycles. The van der Waals surface area contributed by atoms with Crippen molar-refractivity contribution >= 4 is 16.9 Å². The molecule has 0 aliphatic carbocycles. The molecule has 7 nitrogen and oxygen atoms in total. The molecule has 0 bridgehead atoms. The van der Waals surface area contributed by atoms with Gasteiger partial charge in [-0.3, -0.25) is 9.59 Å². The van der Waals surface area contributed by atoms with Crippen molar-refractivity contribution in [2.75, 3.05) is 27.4 Å². The van der Waals surface area contributed by atoms with Crippen molar-refractivity contribution in [3.8, 4) is 28.6 Å². The highest BCUT2D eigenvalue weighted by Crippen LogP contribution is 2.31. The van der Waals surface area contributed by atoms with Crippen molar-refractivity contribution in [1.82, 2.24) is 5.32 Å². The Morgan fingerprint density at radius 1 is 0.943 bits per heavy atom. The van der Waals surface area contributed by atoms with E-state index in [-0.39, 0.29) is 23.7 Å². The molecule has 0 saturated heterocycles. The lowest BCUT2D eigenvalue weighted by atomic mass is 10.1. The second-order valence-corrected chi connectivity index (χ2v) is 8.03. The van der Waals surface area contributed by atoms with Crippen molar-refractivity contribution in [3.63, 3.8) is 0 Å². The maximum Gasteiger partial charge on any atom is 0.257 e. The number of fused-ring (bicyclic) bond motifs is 1. The third kappa shape index (κ3) is 5.46. The van der Waals surface area contributed by atoms with Gasteiger partial charge in [0, 0.05) is 12.1 Å². The number of para-hydroxylation sites is 1. The average molecular weight is 474 g/mol. The summed E-state index contributed by atoms with van der Waals surface area (Å²) in [6.07, 6.45) is 0.596. The van der Waals surface area contributed by atoms with Crippen LogP contribution in [0.4, 0.5) is 0 Å². The lowest BCUT2D eigenvalue weighted by Gasteiger charge is -2.12. The van der Waals surface area contributed by atoms with Crippen LogP contribution >= 0.6 is 0 Å². The molecule has 0 spiro atoms. The molecule has 0 radical (unpaired) electrons. The zero-order valence-electron chi connectivity index (χ0n) is 19.9. The summed E-state index contributed by atoms with van der Waals surface area (Å²) in [6.45, 7) is 2.06. The summed E-state index contributed by atoms with van der Waals surface area (Å²) in [6, 6.07) is 20.2. The third-order valence-electron chi connectivity index (χ3n) is 5.60. The van der Waals surface area contributed by atoms with Crippen molar-refractivity contribution in [2.45, 2.75) is 13.3 Å². The number of nitrogens with one attached hydrogen (secondary N) is 1. The molecule has 4 rings (SSSR count). The normalized spacial score (nSPS) is 10.7. The van der Waals surface area contributed by atoms with E-state index < -0.39 is 0 Å². The minimum atomic E-state index is -0.340. The molecule has 7 heteroatoms. The second kappa shape index (κ2) is 10.8. The largest absolute Gasteiger partial charge is 0.493 e. The number of ether oxygens (including phenoxy) is 3. The fraction of sp³-hybridized carbons (Fsp3) is 0.214. The highest BCUT2D eigenvalue weighted by atomic mass is 16.5. The number of hydrogen-bond acceptors (Lipinski definition) is 6. The van der Waals surface area contributed by atoms with Crippen LogP contribution in [0.5, 0.6) is 17.2 Å². The Balaban J connectivity index is 1.47. The maximum absolute atomic E-state index is 13.2. The summed E-state index contributed by atoms with van der Waals surface area (Å²) in [5.74, 6) is 1.25. The lowest BCUT2D eigenvalue weighted by Crippen LogP contribution is -2.31. The van der Waals surface area contributed by atoms with Gasteiger partial charge < -0.3 is 23.9 Å². The quantitative estimate of drug-likeness (QED) is 0.385. The van der Waals surface area contributed by atoms with E-state index in [2.05, 4.69) is 5.32 Å². The number of hydrogen-bond donors (Lipinski definition) is 1. The summed E-state index contributed by atoms with van der Waals surface area (Å²) in [7, 11) is 3.16. The Kier molecular flexibility index (Phi) is 7.35. The van der Waals surface area contributed by atoms with Gasteiger partial charge in [-0.2, -0.15) is 0 Å². The van der Waals surface area contributed by atoms with E-state index in [4.69, 9.17) is 18.6 Å². The van der Waals surface area contributed by atoms with Gasteiger partial charge >= 0.3 is 0 Å². The lowest BCUT2D eigenvalue weighted by molar-refractivity contribution is -0.123. The minimum Gasteiger partial charge on any atom is -0.493 e. The first-order valence-corrected chi connectivity index (χ1v) is 11.2. The van der Waals surface area contributed by atoms with Gasteiger partial charge in [0.05, 0.1) is 19.6 Å². The Morgan fingerprint density at radius 2 is 1.69 bits per heavy atom. The summed E-state index contributed by atoms with van der Waals surface area (Å²) >= 11 is 0. The molecule has 0 fully saturated rings. The van der Waals surface area contributed by atoms with Gasteiger partial charge in [-0.05, 0) is 43.2 Å². The highest BCUT2D eigenvalue weighted by molar-refractivity contribution is 5.83. The van der Waals surface area contributed by atoms with Gasteiger partial charge in [0.15, 0.2) is 23.9 Å². The third-order valence-corrected chi connectivity index (χ3v) is 5.60. The van der Waals surface area contributed by atoms with Crippen LogP contribution in [-0.4, -0.2) is 33.3 Å².